The second kappa shape index (κ2) is 2.97. The molecule has 15 heavy (non-hydrogen) atoms. The molecular weight excluding hydrogens is 256 g/mol. The van der Waals surface area contributed by atoms with Gasteiger partial charge in [0.15, 0.2) is 6.29 Å². The number of aromatic amines is 2. The molecule has 3 rings (SSSR count). The molecule has 2 heterocycles. The Morgan fingerprint density at radius 2 is 2.00 bits per heavy atom. The van der Waals surface area contributed by atoms with Crippen molar-refractivity contribution in [2.75, 3.05) is 0 Å². The molecule has 3 nitrogen and oxygen atoms in total. The van der Waals surface area contributed by atoms with Gasteiger partial charge in [0.1, 0.15) is 0 Å². The summed E-state index contributed by atoms with van der Waals surface area (Å²) in [5.74, 6) is 0. The van der Waals surface area contributed by atoms with E-state index < -0.39 is 0 Å². The molecule has 4 heteroatoms. The van der Waals surface area contributed by atoms with Crippen LogP contribution in [0, 0.1) is 0 Å². The molecule has 2 N–H and O–H groups in total. The maximum atomic E-state index is 10.6. The molecule has 0 radical (unpaired) electrons. The third-order valence-corrected chi connectivity index (χ3v) is 2.98. The monoisotopic (exact) mass is 262 g/mol. The summed E-state index contributed by atoms with van der Waals surface area (Å²) in [5.41, 5.74) is 3.61. The average molecular weight is 263 g/mol. The summed E-state index contributed by atoms with van der Waals surface area (Å²) >= 11 is 3.43. The van der Waals surface area contributed by atoms with Crippen LogP contribution in [0.15, 0.2) is 28.7 Å². The standard InChI is InChI=1S/C11H7BrN2O/c12-6-1-2-9-8(3-6)11-10(14-9)4-7(5-15)13-11/h1-5,13-14H. The Kier molecular flexibility index (Phi) is 1.73. The van der Waals surface area contributed by atoms with Gasteiger partial charge in [-0.15, -0.1) is 0 Å². The minimum Gasteiger partial charge on any atom is -0.353 e. The molecule has 0 atom stereocenters. The summed E-state index contributed by atoms with van der Waals surface area (Å²) in [4.78, 5) is 16.9. The van der Waals surface area contributed by atoms with Gasteiger partial charge in [-0.2, -0.15) is 0 Å². The van der Waals surface area contributed by atoms with Crippen LogP contribution in [-0.2, 0) is 0 Å². The van der Waals surface area contributed by atoms with Crippen molar-refractivity contribution in [3.05, 3.63) is 34.4 Å². The maximum absolute atomic E-state index is 10.6. The topological polar surface area (TPSA) is 48.6 Å². The third kappa shape index (κ3) is 1.22. The molecule has 0 aliphatic heterocycles. The highest BCUT2D eigenvalue weighted by Crippen LogP contribution is 2.27. The molecule has 3 aromatic rings. The molecule has 0 spiro atoms. The summed E-state index contributed by atoms with van der Waals surface area (Å²) in [5, 5.41) is 1.09. The number of benzene rings is 1. The molecule has 1 aromatic carbocycles. The van der Waals surface area contributed by atoms with Crippen molar-refractivity contribution < 1.29 is 4.79 Å². The van der Waals surface area contributed by atoms with Gasteiger partial charge in [0, 0.05) is 15.4 Å². The number of aldehydes is 1. The van der Waals surface area contributed by atoms with Crippen molar-refractivity contribution in [2.45, 2.75) is 0 Å². The Balaban J connectivity index is 2.47. The zero-order valence-corrected chi connectivity index (χ0v) is 9.26. The first-order chi connectivity index (χ1) is 7.28. The molecule has 0 saturated heterocycles. The Morgan fingerprint density at radius 1 is 1.13 bits per heavy atom. The molecule has 0 unspecified atom stereocenters. The zero-order valence-electron chi connectivity index (χ0n) is 7.67. The van der Waals surface area contributed by atoms with E-state index in [1.165, 1.54) is 0 Å². The molecule has 0 fully saturated rings. The summed E-state index contributed by atoms with van der Waals surface area (Å²) in [6.45, 7) is 0. The van der Waals surface area contributed by atoms with E-state index in [0.717, 1.165) is 32.7 Å². The average Bonchev–Trinajstić information content (AvgIpc) is 2.75. The number of halogens is 1. The fourth-order valence-electron chi connectivity index (χ4n) is 1.83. The van der Waals surface area contributed by atoms with E-state index in [1.807, 2.05) is 24.3 Å². The number of H-pyrrole nitrogens is 2. The van der Waals surface area contributed by atoms with Crippen molar-refractivity contribution >= 4 is 44.2 Å². The molecule has 0 aliphatic carbocycles. The van der Waals surface area contributed by atoms with Crippen molar-refractivity contribution in [2.24, 2.45) is 0 Å². The summed E-state index contributed by atoms with van der Waals surface area (Å²) < 4.78 is 1.03. The van der Waals surface area contributed by atoms with E-state index >= 15 is 0 Å². The molecular formula is C11H7BrN2O. The summed E-state index contributed by atoms with van der Waals surface area (Å²) in [6.07, 6.45) is 0.817. The van der Waals surface area contributed by atoms with Crippen molar-refractivity contribution in [3.8, 4) is 0 Å². The van der Waals surface area contributed by atoms with E-state index in [9.17, 15) is 4.79 Å². The number of aromatic nitrogens is 2. The van der Waals surface area contributed by atoms with Gasteiger partial charge >= 0.3 is 0 Å². The van der Waals surface area contributed by atoms with Crippen molar-refractivity contribution in [1.82, 2.24) is 9.97 Å². The second-order valence-corrected chi connectivity index (χ2v) is 4.36. The van der Waals surface area contributed by atoms with Crippen LogP contribution in [0.5, 0.6) is 0 Å². The van der Waals surface area contributed by atoms with Crippen LogP contribution in [0.25, 0.3) is 21.9 Å². The van der Waals surface area contributed by atoms with E-state index in [0.29, 0.717) is 5.69 Å². The lowest BCUT2D eigenvalue weighted by Crippen LogP contribution is -1.76. The lowest BCUT2D eigenvalue weighted by Gasteiger charge is -1.91. The molecule has 2 aromatic heterocycles. The second-order valence-electron chi connectivity index (χ2n) is 3.45. The van der Waals surface area contributed by atoms with Crippen LogP contribution < -0.4 is 0 Å². The fourth-order valence-corrected chi connectivity index (χ4v) is 2.19. The normalized spacial score (nSPS) is 11.3. The lowest BCUT2D eigenvalue weighted by molar-refractivity contribution is 0.112. The maximum Gasteiger partial charge on any atom is 0.166 e. The predicted octanol–water partition coefficient (Wildman–Crippen LogP) is 3.22. The zero-order chi connectivity index (χ0) is 10.4. The number of carbonyl (C=O) groups excluding carboxylic acids is 1. The quantitative estimate of drug-likeness (QED) is 0.650. The smallest absolute Gasteiger partial charge is 0.166 e. The van der Waals surface area contributed by atoms with Crippen LogP contribution in [0.1, 0.15) is 10.5 Å². The fraction of sp³-hybridized carbons (Fsp3) is 0. The number of nitrogens with one attached hydrogen (secondary N) is 2. The first-order valence-corrected chi connectivity index (χ1v) is 5.32. The van der Waals surface area contributed by atoms with Gasteiger partial charge in [-0.1, -0.05) is 15.9 Å². The minimum atomic E-state index is 0.595. The van der Waals surface area contributed by atoms with Crippen LogP contribution in [0.3, 0.4) is 0 Å². The van der Waals surface area contributed by atoms with Gasteiger partial charge in [-0.05, 0) is 24.3 Å². The summed E-state index contributed by atoms with van der Waals surface area (Å²) in [7, 11) is 0. The Hall–Kier alpha value is -1.55. The highest BCUT2D eigenvalue weighted by Gasteiger charge is 2.07. The highest BCUT2D eigenvalue weighted by atomic mass is 79.9. The molecule has 0 aliphatic rings. The number of carbonyl (C=O) groups is 1. The molecule has 0 saturated carbocycles. The molecule has 0 amide bonds. The van der Waals surface area contributed by atoms with Crippen LogP contribution in [0.4, 0.5) is 0 Å². The minimum absolute atomic E-state index is 0.595. The van der Waals surface area contributed by atoms with E-state index in [1.54, 1.807) is 0 Å². The van der Waals surface area contributed by atoms with E-state index in [2.05, 4.69) is 25.9 Å². The van der Waals surface area contributed by atoms with Crippen molar-refractivity contribution in [3.63, 3.8) is 0 Å². The van der Waals surface area contributed by atoms with Crippen LogP contribution in [-0.4, -0.2) is 16.3 Å². The van der Waals surface area contributed by atoms with Gasteiger partial charge < -0.3 is 9.97 Å². The van der Waals surface area contributed by atoms with E-state index in [4.69, 9.17) is 0 Å². The van der Waals surface area contributed by atoms with Crippen LogP contribution in [0.2, 0.25) is 0 Å². The predicted molar refractivity (Wildman–Crippen MR) is 63.2 cm³/mol. The molecule has 0 bridgehead atoms. The van der Waals surface area contributed by atoms with E-state index in [-0.39, 0.29) is 0 Å². The number of fused-ring (bicyclic) bond motifs is 3. The number of hydrogen-bond acceptors (Lipinski definition) is 1. The first-order valence-electron chi connectivity index (χ1n) is 4.53. The first kappa shape index (κ1) is 8.73. The van der Waals surface area contributed by atoms with Gasteiger partial charge in [-0.25, -0.2) is 0 Å². The molecule has 74 valence electrons. The Morgan fingerprint density at radius 3 is 2.80 bits per heavy atom. The summed E-state index contributed by atoms with van der Waals surface area (Å²) in [6, 6.07) is 7.83. The van der Waals surface area contributed by atoms with Gasteiger partial charge in [0.2, 0.25) is 0 Å². The van der Waals surface area contributed by atoms with Gasteiger partial charge in [0.05, 0.1) is 16.7 Å². The third-order valence-electron chi connectivity index (χ3n) is 2.49. The van der Waals surface area contributed by atoms with Gasteiger partial charge in [-0.3, -0.25) is 4.79 Å². The van der Waals surface area contributed by atoms with Gasteiger partial charge in [0.25, 0.3) is 0 Å². The van der Waals surface area contributed by atoms with Crippen LogP contribution >= 0.6 is 15.9 Å². The number of hydrogen-bond donors (Lipinski definition) is 2. The Bertz CT molecular complexity index is 666. The lowest BCUT2D eigenvalue weighted by atomic mass is 10.2. The largest absolute Gasteiger partial charge is 0.353 e. The number of rotatable bonds is 1. The highest BCUT2D eigenvalue weighted by molar-refractivity contribution is 9.10. The Labute approximate surface area is 93.6 Å². The van der Waals surface area contributed by atoms with Crippen molar-refractivity contribution in [1.29, 1.82) is 0 Å². The SMILES string of the molecule is O=Cc1cc2[nH]c3ccc(Br)cc3c2[nH]1.